The van der Waals surface area contributed by atoms with Gasteiger partial charge in [-0.1, -0.05) is 81.5 Å². The Kier molecular flexibility index (Phi) is 14.2. The molecule has 1 saturated carbocycles. The molecule has 1 amide bonds. The highest BCUT2D eigenvalue weighted by atomic mass is 16.1. The van der Waals surface area contributed by atoms with E-state index in [1.807, 2.05) is 6.07 Å². The number of carbonyl (C=O) groups excluding carboxylic acids is 1. The molecule has 3 nitrogen and oxygen atoms in total. The van der Waals surface area contributed by atoms with Crippen LogP contribution < -0.4 is 10.6 Å². The maximum Gasteiger partial charge on any atom is 0.217 e. The van der Waals surface area contributed by atoms with Crippen LogP contribution in [0.15, 0.2) is 35.9 Å². The molecule has 1 aliphatic carbocycles. The van der Waals surface area contributed by atoms with Gasteiger partial charge in [0.2, 0.25) is 5.91 Å². The third kappa shape index (κ3) is 13.3. The highest BCUT2D eigenvalue weighted by molar-refractivity contribution is 5.73. The Morgan fingerprint density at radius 3 is 2.10 bits per heavy atom. The second-order valence-corrected chi connectivity index (χ2v) is 8.39. The van der Waals surface area contributed by atoms with Gasteiger partial charge in [-0.05, 0) is 63.6 Å². The Balaban J connectivity index is 0.000000220. The Bertz CT molecular complexity index is 555. The third-order valence-electron chi connectivity index (χ3n) is 5.82. The van der Waals surface area contributed by atoms with Crippen molar-refractivity contribution in [3.8, 4) is 0 Å². The van der Waals surface area contributed by atoms with E-state index in [1.165, 1.54) is 75.6 Å². The maximum atomic E-state index is 10.6. The van der Waals surface area contributed by atoms with Crippen LogP contribution in [0.4, 0.5) is 0 Å². The number of benzene rings is 1. The summed E-state index contributed by atoms with van der Waals surface area (Å²) in [6.07, 6.45) is 13.8. The van der Waals surface area contributed by atoms with Gasteiger partial charge in [-0.15, -0.1) is 0 Å². The second kappa shape index (κ2) is 16.2. The van der Waals surface area contributed by atoms with E-state index >= 15 is 0 Å². The zero-order valence-electron chi connectivity index (χ0n) is 19.3. The lowest BCUT2D eigenvalue weighted by molar-refractivity contribution is -0.119. The lowest BCUT2D eigenvalue weighted by Gasteiger charge is -2.21. The molecule has 0 atom stereocenters. The standard InChI is InChI=1S/C11H14.C8H15NO.C7H15N/c1-3-10(2)9-11-7-5-4-6-8-11;1-7(10)9-8-5-3-2-4-6-8;1-2-7-3-5-8-6-4-7/h4-9H,3H2,1-2H3;8H,2-6H2,1H3,(H,9,10);7-8H,2-6H2,1H3/b10-9+;;. The number of amides is 1. The first kappa shape index (κ1) is 25.4. The van der Waals surface area contributed by atoms with Crippen LogP contribution in [0.25, 0.3) is 6.08 Å². The quantitative estimate of drug-likeness (QED) is 0.618. The van der Waals surface area contributed by atoms with Crippen molar-refractivity contribution in [3.63, 3.8) is 0 Å². The average molecular weight is 401 g/mol. The maximum absolute atomic E-state index is 10.6. The number of allylic oxidation sites excluding steroid dienone is 1. The highest BCUT2D eigenvalue weighted by Crippen LogP contribution is 2.17. The summed E-state index contributed by atoms with van der Waals surface area (Å²) in [5.41, 5.74) is 2.73. The molecule has 1 aromatic rings. The van der Waals surface area contributed by atoms with Crippen LogP contribution in [0.2, 0.25) is 0 Å². The van der Waals surface area contributed by atoms with Crippen LogP contribution >= 0.6 is 0 Å². The molecule has 1 saturated heterocycles. The largest absolute Gasteiger partial charge is 0.354 e. The van der Waals surface area contributed by atoms with Gasteiger partial charge in [0.25, 0.3) is 0 Å². The molecule has 0 bridgehead atoms. The Hall–Kier alpha value is -1.61. The van der Waals surface area contributed by atoms with Crippen LogP contribution in [-0.2, 0) is 4.79 Å². The highest BCUT2D eigenvalue weighted by Gasteiger charge is 2.13. The number of carbonyl (C=O) groups is 1. The molecule has 0 spiro atoms. The zero-order chi connectivity index (χ0) is 21.3. The van der Waals surface area contributed by atoms with E-state index in [2.05, 4.69) is 61.7 Å². The second-order valence-electron chi connectivity index (χ2n) is 8.39. The molecule has 0 unspecified atom stereocenters. The molecule has 1 aliphatic heterocycles. The van der Waals surface area contributed by atoms with E-state index in [4.69, 9.17) is 0 Å². The number of hydrogen-bond acceptors (Lipinski definition) is 2. The fraction of sp³-hybridized carbons (Fsp3) is 0.654. The lowest BCUT2D eigenvalue weighted by Crippen LogP contribution is -2.34. The summed E-state index contributed by atoms with van der Waals surface area (Å²) >= 11 is 0. The number of nitrogens with one attached hydrogen (secondary N) is 2. The molecule has 2 N–H and O–H groups in total. The molecule has 1 heterocycles. The van der Waals surface area contributed by atoms with Gasteiger partial charge in [0.15, 0.2) is 0 Å². The summed E-state index contributed by atoms with van der Waals surface area (Å²) < 4.78 is 0. The molecular formula is C26H44N2O. The predicted octanol–water partition coefficient (Wildman–Crippen LogP) is 6.35. The first-order chi connectivity index (χ1) is 14.0. The van der Waals surface area contributed by atoms with Gasteiger partial charge in [-0.25, -0.2) is 0 Å². The molecule has 1 aromatic carbocycles. The number of piperidine rings is 1. The summed E-state index contributed by atoms with van der Waals surface area (Å²) in [5, 5.41) is 6.29. The topological polar surface area (TPSA) is 41.1 Å². The summed E-state index contributed by atoms with van der Waals surface area (Å²) in [6, 6.07) is 10.9. The number of hydrogen-bond donors (Lipinski definition) is 2. The first-order valence-corrected chi connectivity index (χ1v) is 11.7. The smallest absolute Gasteiger partial charge is 0.217 e. The normalized spacial score (nSPS) is 18.0. The van der Waals surface area contributed by atoms with Crippen molar-refractivity contribution in [1.82, 2.24) is 10.6 Å². The molecule has 29 heavy (non-hydrogen) atoms. The monoisotopic (exact) mass is 400 g/mol. The van der Waals surface area contributed by atoms with Gasteiger partial charge in [0, 0.05) is 13.0 Å². The van der Waals surface area contributed by atoms with Crippen molar-refractivity contribution in [2.24, 2.45) is 5.92 Å². The van der Waals surface area contributed by atoms with Gasteiger partial charge in [0.1, 0.15) is 0 Å². The van der Waals surface area contributed by atoms with Crippen molar-refractivity contribution < 1.29 is 4.79 Å². The minimum atomic E-state index is 0.118. The van der Waals surface area contributed by atoms with Crippen molar-refractivity contribution in [2.45, 2.75) is 91.5 Å². The molecular weight excluding hydrogens is 356 g/mol. The van der Waals surface area contributed by atoms with E-state index in [-0.39, 0.29) is 5.91 Å². The van der Waals surface area contributed by atoms with Gasteiger partial charge < -0.3 is 10.6 Å². The van der Waals surface area contributed by atoms with Crippen molar-refractivity contribution in [2.75, 3.05) is 13.1 Å². The van der Waals surface area contributed by atoms with E-state index in [0.29, 0.717) is 6.04 Å². The van der Waals surface area contributed by atoms with Crippen LogP contribution in [0.5, 0.6) is 0 Å². The van der Waals surface area contributed by atoms with Gasteiger partial charge >= 0.3 is 0 Å². The van der Waals surface area contributed by atoms with Gasteiger partial charge in [-0.2, -0.15) is 0 Å². The summed E-state index contributed by atoms with van der Waals surface area (Å²) in [6.45, 7) is 10.7. The molecule has 3 heteroatoms. The van der Waals surface area contributed by atoms with Crippen LogP contribution in [-0.4, -0.2) is 25.0 Å². The molecule has 2 fully saturated rings. The molecule has 0 radical (unpaired) electrons. The van der Waals surface area contributed by atoms with Gasteiger partial charge in [0.05, 0.1) is 0 Å². The Morgan fingerprint density at radius 1 is 1.00 bits per heavy atom. The fourth-order valence-corrected chi connectivity index (χ4v) is 3.76. The van der Waals surface area contributed by atoms with Crippen LogP contribution in [0.3, 0.4) is 0 Å². The first-order valence-electron chi connectivity index (χ1n) is 11.7. The SMILES string of the molecule is CC(=O)NC1CCCCC1.CC/C(C)=C/c1ccccc1.CCC1CCNCC1. The van der Waals surface area contributed by atoms with E-state index in [1.54, 1.807) is 6.92 Å². The van der Waals surface area contributed by atoms with Crippen molar-refractivity contribution in [3.05, 3.63) is 41.5 Å². The summed E-state index contributed by atoms with van der Waals surface area (Å²) in [7, 11) is 0. The van der Waals surface area contributed by atoms with E-state index < -0.39 is 0 Å². The predicted molar refractivity (Wildman–Crippen MR) is 127 cm³/mol. The van der Waals surface area contributed by atoms with Crippen LogP contribution in [0.1, 0.15) is 91.0 Å². The fourth-order valence-electron chi connectivity index (χ4n) is 3.76. The minimum Gasteiger partial charge on any atom is -0.354 e. The Morgan fingerprint density at radius 2 is 1.62 bits per heavy atom. The summed E-state index contributed by atoms with van der Waals surface area (Å²) in [5.74, 6) is 1.14. The lowest BCUT2D eigenvalue weighted by atomic mass is 9.95. The van der Waals surface area contributed by atoms with Crippen molar-refractivity contribution in [1.29, 1.82) is 0 Å². The minimum absolute atomic E-state index is 0.118. The zero-order valence-corrected chi connectivity index (χ0v) is 19.3. The molecule has 0 aromatic heterocycles. The number of rotatable bonds is 4. The van der Waals surface area contributed by atoms with Gasteiger partial charge in [-0.3, -0.25) is 4.79 Å². The molecule has 3 rings (SSSR count). The summed E-state index contributed by atoms with van der Waals surface area (Å²) in [4.78, 5) is 10.6. The average Bonchev–Trinajstić information content (AvgIpc) is 2.76. The van der Waals surface area contributed by atoms with Crippen molar-refractivity contribution >= 4 is 12.0 Å². The molecule has 2 aliphatic rings. The van der Waals surface area contributed by atoms with Crippen LogP contribution in [0, 0.1) is 5.92 Å². The third-order valence-corrected chi connectivity index (χ3v) is 5.82. The Labute approximate surface area is 179 Å². The van der Waals surface area contributed by atoms with E-state index in [9.17, 15) is 4.79 Å². The van der Waals surface area contributed by atoms with E-state index in [0.717, 1.165) is 12.3 Å². The molecule has 164 valence electrons.